The Balaban J connectivity index is 1.97. The van der Waals surface area contributed by atoms with Gasteiger partial charge >= 0.3 is 11.9 Å². The lowest BCUT2D eigenvalue weighted by molar-refractivity contribution is -0.167. The lowest BCUT2D eigenvalue weighted by Gasteiger charge is -2.28. The molecule has 0 spiro atoms. The van der Waals surface area contributed by atoms with Crippen LogP contribution in [0.5, 0.6) is 5.75 Å². The van der Waals surface area contributed by atoms with Gasteiger partial charge in [-0.2, -0.15) is 0 Å². The van der Waals surface area contributed by atoms with Crippen molar-refractivity contribution in [1.29, 1.82) is 0 Å². The van der Waals surface area contributed by atoms with Gasteiger partial charge in [0.25, 0.3) is 0 Å². The van der Waals surface area contributed by atoms with Crippen LogP contribution < -0.4 is 4.74 Å². The molecular weight excluding hydrogens is 404 g/mol. The maximum Gasteiger partial charge on any atom is 0.328 e. The molecule has 2 aromatic carbocycles. The summed E-state index contributed by atoms with van der Waals surface area (Å²) >= 11 is 6.26. The summed E-state index contributed by atoms with van der Waals surface area (Å²) < 4.78 is 16.8. The molecule has 0 radical (unpaired) electrons. The smallest absolute Gasteiger partial charge is 0.328 e. The second-order valence-electron chi connectivity index (χ2n) is 7.34. The molecule has 0 saturated carbocycles. The average Bonchev–Trinajstić information content (AvgIpc) is 3.11. The number of hydrogen-bond donors (Lipinski definition) is 0. The molecule has 156 valence electrons. The topological polar surface area (TPSA) is 61.8 Å². The van der Waals surface area contributed by atoms with E-state index in [0.29, 0.717) is 16.3 Å². The number of carbonyl (C=O) groups is 2. The van der Waals surface area contributed by atoms with Crippen LogP contribution in [-0.2, 0) is 19.1 Å². The summed E-state index contributed by atoms with van der Waals surface area (Å²) in [5, 5.41) is 0.574. The van der Waals surface area contributed by atoms with E-state index in [1.165, 1.54) is 0 Å². The molecule has 2 aliphatic rings. The maximum absolute atomic E-state index is 13.4. The highest BCUT2D eigenvalue weighted by Crippen LogP contribution is 2.59. The van der Waals surface area contributed by atoms with Crippen molar-refractivity contribution < 1.29 is 23.8 Å². The van der Waals surface area contributed by atoms with Crippen molar-refractivity contribution >= 4 is 29.1 Å². The number of benzene rings is 2. The van der Waals surface area contributed by atoms with Crippen molar-refractivity contribution in [2.45, 2.75) is 26.2 Å². The van der Waals surface area contributed by atoms with Crippen LogP contribution in [0, 0.1) is 5.41 Å². The van der Waals surface area contributed by atoms with Gasteiger partial charge in [-0.3, -0.25) is 9.59 Å². The van der Waals surface area contributed by atoms with E-state index in [2.05, 4.69) is 0 Å². The molecule has 5 nitrogen and oxygen atoms in total. The molecule has 0 aromatic heterocycles. The Hall–Kier alpha value is -2.79. The molecule has 0 bridgehead atoms. The molecule has 1 unspecified atom stereocenters. The second-order valence-corrected chi connectivity index (χ2v) is 7.78. The van der Waals surface area contributed by atoms with E-state index in [1.54, 1.807) is 19.9 Å². The average molecular weight is 427 g/mol. The molecule has 1 heterocycles. The molecule has 1 aliphatic carbocycles. The third-order valence-corrected chi connectivity index (χ3v) is 5.95. The van der Waals surface area contributed by atoms with Crippen LogP contribution in [0.1, 0.15) is 37.3 Å². The predicted octanol–water partition coefficient (Wildman–Crippen LogP) is 4.79. The number of ether oxygens (including phenoxy) is 3. The molecule has 1 atom stereocenters. The van der Waals surface area contributed by atoms with E-state index in [-0.39, 0.29) is 32.2 Å². The largest absolute Gasteiger partial charge is 0.489 e. The molecule has 4 rings (SSSR count). The van der Waals surface area contributed by atoms with Gasteiger partial charge < -0.3 is 14.2 Å². The Morgan fingerprint density at radius 2 is 1.73 bits per heavy atom. The minimum atomic E-state index is -1.55. The highest BCUT2D eigenvalue weighted by Gasteiger charge is 2.60. The number of halogens is 1. The van der Waals surface area contributed by atoms with Gasteiger partial charge in [0.05, 0.1) is 13.2 Å². The van der Waals surface area contributed by atoms with Crippen LogP contribution in [0.3, 0.4) is 0 Å². The summed E-state index contributed by atoms with van der Waals surface area (Å²) in [6, 6.07) is 14.9. The second kappa shape index (κ2) is 8.15. The van der Waals surface area contributed by atoms with Gasteiger partial charge in [0.2, 0.25) is 0 Å². The lowest BCUT2D eigenvalue weighted by atomic mass is 9.76. The van der Waals surface area contributed by atoms with E-state index in [9.17, 15) is 9.59 Å². The zero-order chi connectivity index (χ0) is 21.3. The number of hydrogen-bond acceptors (Lipinski definition) is 5. The Morgan fingerprint density at radius 3 is 2.37 bits per heavy atom. The zero-order valence-electron chi connectivity index (χ0n) is 16.9. The van der Waals surface area contributed by atoms with Gasteiger partial charge in [0.15, 0.2) is 5.41 Å². The van der Waals surface area contributed by atoms with Crippen LogP contribution in [0.4, 0.5) is 0 Å². The van der Waals surface area contributed by atoms with Gasteiger partial charge in [0.1, 0.15) is 12.4 Å². The van der Waals surface area contributed by atoms with Crippen LogP contribution in [0.25, 0.3) is 5.57 Å². The summed E-state index contributed by atoms with van der Waals surface area (Å²) in [4.78, 5) is 26.7. The minimum absolute atomic E-state index is 0.168. The summed E-state index contributed by atoms with van der Waals surface area (Å²) in [6.45, 7) is 4.07. The number of rotatable bonds is 5. The van der Waals surface area contributed by atoms with E-state index < -0.39 is 17.4 Å². The molecule has 0 saturated heterocycles. The fourth-order valence-electron chi connectivity index (χ4n) is 4.53. The SMILES string of the molecule is CCOC(=O)C1(C(=O)OCC)CC2C(=C1c1ccccc1)COc1ccc(Cl)cc12. The highest BCUT2D eigenvalue weighted by molar-refractivity contribution is 6.30. The molecule has 2 aromatic rings. The van der Waals surface area contributed by atoms with Gasteiger partial charge in [-0.15, -0.1) is 0 Å². The first-order valence-electron chi connectivity index (χ1n) is 10.1. The van der Waals surface area contributed by atoms with E-state index in [4.69, 9.17) is 25.8 Å². The van der Waals surface area contributed by atoms with Crippen molar-refractivity contribution in [3.05, 3.63) is 70.3 Å². The Labute approximate surface area is 180 Å². The molecular formula is C24H23ClO5. The monoisotopic (exact) mass is 426 g/mol. The predicted molar refractivity (Wildman–Crippen MR) is 113 cm³/mol. The fraction of sp³-hybridized carbons (Fsp3) is 0.333. The number of esters is 2. The number of fused-ring (bicyclic) bond motifs is 3. The van der Waals surface area contributed by atoms with Crippen molar-refractivity contribution in [2.75, 3.05) is 19.8 Å². The van der Waals surface area contributed by atoms with Crippen molar-refractivity contribution in [1.82, 2.24) is 0 Å². The van der Waals surface area contributed by atoms with E-state index in [1.807, 2.05) is 42.5 Å². The maximum atomic E-state index is 13.4. The first kappa shape index (κ1) is 20.5. The van der Waals surface area contributed by atoms with Crippen molar-refractivity contribution in [2.24, 2.45) is 5.41 Å². The third kappa shape index (κ3) is 3.18. The summed E-state index contributed by atoms with van der Waals surface area (Å²) in [6.07, 6.45) is 0.223. The summed E-state index contributed by atoms with van der Waals surface area (Å²) in [5.41, 5.74) is 1.60. The summed E-state index contributed by atoms with van der Waals surface area (Å²) in [5.74, 6) is -0.666. The van der Waals surface area contributed by atoms with Crippen LogP contribution in [-0.4, -0.2) is 31.8 Å². The summed E-state index contributed by atoms with van der Waals surface area (Å²) in [7, 11) is 0. The van der Waals surface area contributed by atoms with Gasteiger partial charge in [-0.25, -0.2) is 0 Å². The normalized spacial score (nSPS) is 18.8. The molecule has 0 N–H and O–H groups in total. The van der Waals surface area contributed by atoms with E-state index in [0.717, 1.165) is 16.7 Å². The Kier molecular flexibility index (Phi) is 5.56. The van der Waals surface area contributed by atoms with Crippen LogP contribution in [0.2, 0.25) is 5.02 Å². The van der Waals surface area contributed by atoms with Crippen molar-refractivity contribution in [3.63, 3.8) is 0 Å². The van der Waals surface area contributed by atoms with Crippen molar-refractivity contribution in [3.8, 4) is 5.75 Å². The lowest BCUT2D eigenvalue weighted by Crippen LogP contribution is -2.42. The Morgan fingerprint density at radius 1 is 1.07 bits per heavy atom. The first-order chi connectivity index (χ1) is 14.5. The van der Waals surface area contributed by atoms with Gasteiger partial charge in [-0.05, 0) is 55.2 Å². The standard InChI is InChI=1S/C24H23ClO5/c1-3-28-22(26)24(23(27)29-4-2)13-18-17-12-16(25)10-11-20(17)30-14-19(18)21(24)15-8-6-5-7-9-15/h5-12,18H,3-4,13-14H2,1-2H3. The highest BCUT2D eigenvalue weighted by atomic mass is 35.5. The molecule has 0 amide bonds. The Bertz CT molecular complexity index is 994. The third-order valence-electron chi connectivity index (χ3n) is 5.72. The quantitative estimate of drug-likeness (QED) is 0.508. The molecule has 6 heteroatoms. The molecule has 30 heavy (non-hydrogen) atoms. The number of carbonyl (C=O) groups excluding carboxylic acids is 2. The van der Waals surface area contributed by atoms with Gasteiger partial charge in [-0.1, -0.05) is 41.9 Å². The van der Waals surface area contributed by atoms with Crippen LogP contribution in [0.15, 0.2) is 54.1 Å². The fourth-order valence-corrected chi connectivity index (χ4v) is 4.71. The van der Waals surface area contributed by atoms with Gasteiger partial charge in [0, 0.05) is 16.5 Å². The van der Waals surface area contributed by atoms with Crippen LogP contribution >= 0.6 is 11.6 Å². The first-order valence-corrected chi connectivity index (χ1v) is 10.5. The minimum Gasteiger partial charge on any atom is -0.489 e. The molecule has 0 fully saturated rings. The molecule has 1 aliphatic heterocycles. The zero-order valence-corrected chi connectivity index (χ0v) is 17.7. The van der Waals surface area contributed by atoms with E-state index >= 15 is 0 Å².